The molecule has 0 amide bonds. The molecule has 0 saturated carbocycles. The first kappa shape index (κ1) is 17.5. The number of ether oxygens (including phenoxy) is 1. The molecule has 0 bridgehead atoms. The second-order valence-corrected chi connectivity index (χ2v) is 6.17. The van der Waals surface area contributed by atoms with Gasteiger partial charge in [-0.2, -0.15) is 0 Å². The molecule has 3 heteroatoms. The number of unbranched alkanes of at least 4 members (excludes halogenated alkanes) is 5. The van der Waals surface area contributed by atoms with Crippen molar-refractivity contribution in [3.05, 3.63) is 28.2 Å². The molecule has 2 nitrogen and oxygen atoms in total. The van der Waals surface area contributed by atoms with Crippen LogP contribution in [0.2, 0.25) is 0 Å². The van der Waals surface area contributed by atoms with E-state index in [0.29, 0.717) is 6.04 Å². The van der Waals surface area contributed by atoms with E-state index in [4.69, 9.17) is 4.74 Å². The fourth-order valence-electron chi connectivity index (χ4n) is 2.13. The number of benzene rings is 1. The molecule has 0 heterocycles. The number of nitrogens with one attached hydrogen (secondary N) is 1. The normalized spacial score (nSPS) is 12.4. The molecule has 0 aliphatic carbocycles. The highest BCUT2D eigenvalue weighted by Crippen LogP contribution is 2.28. The minimum absolute atomic E-state index is 0.360. The summed E-state index contributed by atoms with van der Waals surface area (Å²) in [6, 6.07) is 6.68. The molecule has 20 heavy (non-hydrogen) atoms. The van der Waals surface area contributed by atoms with E-state index >= 15 is 0 Å². The van der Waals surface area contributed by atoms with E-state index in [1.165, 1.54) is 37.7 Å². The lowest BCUT2D eigenvalue weighted by atomic mass is 10.1. The summed E-state index contributed by atoms with van der Waals surface area (Å²) in [5.41, 5.74) is 1.27. The molecule has 0 aliphatic rings. The number of halogens is 1. The number of rotatable bonds is 10. The molecule has 1 unspecified atom stereocenters. The lowest BCUT2D eigenvalue weighted by molar-refractivity contribution is 0.302. The molecule has 0 saturated heterocycles. The standard InChI is InChI=1S/C17H28BrNO/c1-4-5-6-7-8-9-12-20-17-11-10-15(13-16(17)18)14(2)19-3/h10-11,13-14,19H,4-9,12H2,1-3H3. The number of hydrogen-bond donors (Lipinski definition) is 1. The Balaban J connectivity index is 2.30. The Morgan fingerprint density at radius 3 is 2.50 bits per heavy atom. The first-order valence-electron chi connectivity index (χ1n) is 7.78. The Morgan fingerprint density at radius 2 is 1.85 bits per heavy atom. The molecule has 1 aromatic carbocycles. The number of hydrogen-bond acceptors (Lipinski definition) is 2. The van der Waals surface area contributed by atoms with Crippen LogP contribution in [0.4, 0.5) is 0 Å². The summed E-state index contributed by atoms with van der Waals surface area (Å²) in [5, 5.41) is 3.24. The summed E-state index contributed by atoms with van der Waals surface area (Å²) < 4.78 is 6.89. The first-order chi connectivity index (χ1) is 9.69. The molecular weight excluding hydrogens is 314 g/mol. The van der Waals surface area contributed by atoms with Crippen LogP contribution in [0.1, 0.15) is 64.0 Å². The fraction of sp³-hybridized carbons (Fsp3) is 0.647. The SMILES string of the molecule is CCCCCCCCOc1ccc(C(C)NC)cc1Br. The molecule has 1 rings (SSSR count). The van der Waals surface area contributed by atoms with Crippen molar-refractivity contribution in [1.29, 1.82) is 0 Å². The Kier molecular flexibility index (Phi) is 8.95. The average molecular weight is 342 g/mol. The Hall–Kier alpha value is -0.540. The summed E-state index contributed by atoms with van der Waals surface area (Å²) in [7, 11) is 1.97. The minimum atomic E-state index is 0.360. The molecule has 0 aliphatic heterocycles. The van der Waals surface area contributed by atoms with Gasteiger partial charge >= 0.3 is 0 Å². The topological polar surface area (TPSA) is 21.3 Å². The van der Waals surface area contributed by atoms with Crippen molar-refractivity contribution in [2.45, 2.75) is 58.4 Å². The molecule has 1 atom stereocenters. The van der Waals surface area contributed by atoms with Crippen molar-refractivity contribution >= 4 is 15.9 Å². The third-order valence-corrected chi connectivity index (χ3v) is 4.26. The predicted molar refractivity (Wildman–Crippen MR) is 90.5 cm³/mol. The quantitative estimate of drug-likeness (QED) is 0.569. The molecule has 0 fully saturated rings. The maximum atomic E-state index is 5.84. The largest absolute Gasteiger partial charge is 0.492 e. The van der Waals surface area contributed by atoms with Gasteiger partial charge in [-0.25, -0.2) is 0 Å². The summed E-state index contributed by atoms with van der Waals surface area (Å²) in [6.07, 6.45) is 7.77. The predicted octanol–water partition coefficient (Wildman–Crippen LogP) is 5.47. The van der Waals surface area contributed by atoms with Gasteiger partial charge in [0.05, 0.1) is 11.1 Å². The maximum Gasteiger partial charge on any atom is 0.133 e. The van der Waals surface area contributed by atoms with Crippen molar-refractivity contribution in [3.63, 3.8) is 0 Å². The minimum Gasteiger partial charge on any atom is -0.492 e. The summed E-state index contributed by atoms with van der Waals surface area (Å²) in [5.74, 6) is 0.950. The fourth-order valence-corrected chi connectivity index (χ4v) is 2.65. The van der Waals surface area contributed by atoms with Crippen LogP contribution in [0.3, 0.4) is 0 Å². The third kappa shape index (κ3) is 6.27. The van der Waals surface area contributed by atoms with Crippen LogP contribution in [-0.4, -0.2) is 13.7 Å². The lowest BCUT2D eigenvalue weighted by Gasteiger charge is -2.13. The molecule has 1 aromatic rings. The van der Waals surface area contributed by atoms with Crippen LogP contribution in [0.15, 0.2) is 22.7 Å². The Morgan fingerprint density at radius 1 is 1.15 bits per heavy atom. The van der Waals surface area contributed by atoms with Gasteiger partial charge in [0.15, 0.2) is 0 Å². The second kappa shape index (κ2) is 10.2. The van der Waals surface area contributed by atoms with Crippen molar-refractivity contribution in [1.82, 2.24) is 5.32 Å². The zero-order chi connectivity index (χ0) is 14.8. The van der Waals surface area contributed by atoms with Crippen LogP contribution in [0.5, 0.6) is 5.75 Å². The van der Waals surface area contributed by atoms with E-state index in [9.17, 15) is 0 Å². The molecule has 114 valence electrons. The van der Waals surface area contributed by atoms with Crippen LogP contribution >= 0.6 is 15.9 Å². The van der Waals surface area contributed by atoms with Gasteiger partial charge in [-0.05, 0) is 54.0 Å². The second-order valence-electron chi connectivity index (χ2n) is 5.32. The van der Waals surface area contributed by atoms with E-state index < -0.39 is 0 Å². The van der Waals surface area contributed by atoms with Crippen LogP contribution in [0.25, 0.3) is 0 Å². The van der Waals surface area contributed by atoms with Crippen molar-refractivity contribution in [3.8, 4) is 5.75 Å². The summed E-state index contributed by atoms with van der Waals surface area (Å²) in [6.45, 7) is 5.21. The van der Waals surface area contributed by atoms with Crippen molar-refractivity contribution in [2.75, 3.05) is 13.7 Å². The summed E-state index contributed by atoms with van der Waals surface area (Å²) >= 11 is 3.60. The van der Waals surface area contributed by atoms with Gasteiger partial charge in [0.25, 0.3) is 0 Å². The molecule has 0 radical (unpaired) electrons. The van der Waals surface area contributed by atoms with E-state index in [-0.39, 0.29) is 0 Å². The zero-order valence-electron chi connectivity index (χ0n) is 13.0. The van der Waals surface area contributed by atoms with Crippen LogP contribution in [-0.2, 0) is 0 Å². The van der Waals surface area contributed by atoms with Gasteiger partial charge in [-0.15, -0.1) is 0 Å². The molecular formula is C17H28BrNO. The van der Waals surface area contributed by atoms with Crippen molar-refractivity contribution < 1.29 is 4.74 Å². The van der Waals surface area contributed by atoms with E-state index in [1.54, 1.807) is 0 Å². The van der Waals surface area contributed by atoms with Gasteiger partial charge in [0.2, 0.25) is 0 Å². The lowest BCUT2D eigenvalue weighted by Crippen LogP contribution is -2.12. The Labute approximate surface area is 132 Å². The Bertz CT molecular complexity index is 381. The van der Waals surface area contributed by atoms with Crippen LogP contribution in [0, 0.1) is 0 Å². The first-order valence-corrected chi connectivity index (χ1v) is 8.57. The average Bonchev–Trinajstić information content (AvgIpc) is 2.46. The monoisotopic (exact) mass is 341 g/mol. The zero-order valence-corrected chi connectivity index (χ0v) is 14.6. The smallest absolute Gasteiger partial charge is 0.133 e. The molecule has 1 N–H and O–H groups in total. The highest BCUT2D eigenvalue weighted by Gasteiger charge is 2.06. The van der Waals surface area contributed by atoms with E-state index in [0.717, 1.165) is 23.2 Å². The van der Waals surface area contributed by atoms with E-state index in [2.05, 4.69) is 53.3 Å². The van der Waals surface area contributed by atoms with Gasteiger partial charge in [-0.1, -0.05) is 45.1 Å². The van der Waals surface area contributed by atoms with Crippen LogP contribution < -0.4 is 10.1 Å². The van der Waals surface area contributed by atoms with Crippen molar-refractivity contribution in [2.24, 2.45) is 0 Å². The maximum absolute atomic E-state index is 5.84. The summed E-state index contributed by atoms with van der Waals surface area (Å²) in [4.78, 5) is 0. The van der Waals surface area contributed by atoms with E-state index in [1.807, 2.05) is 7.05 Å². The highest BCUT2D eigenvalue weighted by atomic mass is 79.9. The third-order valence-electron chi connectivity index (χ3n) is 3.64. The molecule has 0 aromatic heterocycles. The van der Waals surface area contributed by atoms with Gasteiger partial charge < -0.3 is 10.1 Å². The molecule has 0 spiro atoms. The highest BCUT2D eigenvalue weighted by molar-refractivity contribution is 9.10. The van der Waals surface area contributed by atoms with Gasteiger partial charge in [0, 0.05) is 6.04 Å². The van der Waals surface area contributed by atoms with Gasteiger partial charge in [-0.3, -0.25) is 0 Å². The van der Waals surface area contributed by atoms with Gasteiger partial charge in [0.1, 0.15) is 5.75 Å².